The molecule has 0 spiro atoms. The fourth-order valence-corrected chi connectivity index (χ4v) is 4.06. The minimum Gasteiger partial charge on any atom is -0.335 e. The third kappa shape index (κ3) is 4.21. The number of likely N-dealkylation sites (tertiary alicyclic amines) is 1. The normalized spacial score (nSPS) is 16.8. The van der Waals surface area contributed by atoms with Gasteiger partial charge in [0.2, 0.25) is 0 Å². The van der Waals surface area contributed by atoms with E-state index in [-0.39, 0.29) is 17.6 Å². The number of pyridine rings is 1. The van der Waals surface area contributed by atoms with Gasteiger partial charge < -0.3 is 9.47 Å². The summed E-state index contributed by atoms with van der Waals surface area (Å²) in [6.45, 7) is 3.32. The van der Waals surface area contributed by atoms with Crippen molar-refractivity contribution >= 4 is 5.91 Å². The number of carbonyl (C=O) groups is 1. The molecule has 1 aromatic carbocycles. The topological polar surface area (TPSA) is 51.0 Å². The van der Waals surface area contributed by atoms with Crippen LogP contribution in [-0.2, 0) is 13.5 Å². The quantitative estimate of drug-likeness (QED) is 0.677. The van der Waals surface area contributed by atoms with Gasteiger partial charge in [-0.15, -0.1) is 0 Å². The summed E-state index contributed by atoms with van der Waals surface area (Å²) in [7, 11) is 1.83. The van der Waals surface area contributed by atoms with E-state index in [1.54, 1.807) is 23.0 Å². The number of hydrogen-bond acceptors (Lipinski definition) is 3. The van der Waals surface area contributed by atoms with Crippen molar-refractivity contribution in [2.45, 2.75) is 32.1 Å². The van der Waals surface area contributed by atoms with Crippen molar-refractivity contribution in [1.82, 2.24) is 19.4 Å². The fourth-order valence-electron chi connectivity index (χ4n) is 4.06. The molecule has 0 radical (unpaired) electrons. The maximum Gasteiger partial charge on any atom is 0.289 e. The zero-order valence-corrected chi connectivity index (χ0v) is 16.8. The summed E-state index contributed by atoms with van der Waals surface area (Å²) in [6.07, 6.45) is 5.88. The van der Waals surface area contributed by atoms with Gasteiger partial charge in [0.15, 0.2) is 5.82 Å². The number of halogens is 1. The molecule has 150 valence electrons. The minimum absolute atomic E-state index is 0.0403. The maximum absolute atomic E-state index is 14.1. The molecule has 2 aromatic heterocycles. The van der Waals surface area contributed by atoms with E-state index in [9.17, 15) is 9.18 Å². The molecule has 6 heteroatoms. The van der Waals surface area contributed by atoms with Crippen LogP contribution >= 0.6 is 0 Å². The zero-order valence-electron chi connectivity index (χ0n) is 16.8. The highest BCUT2D eigenvalue weighted by atomic mass is 19.1. The minimum atomic E-state index is -0.187. The molecular weight excluding hydrogens is 367 g/mol. The third-order valence-corrected chi connectivity index (χ3v) is 5.52. The first kappa shape index (κ1) is 19.3. The van der Waals surface area contributed by atoms with E-state index in [2.05, 4.69) is 11.1 Å². The highest BCUT2D eigenvalue weighted by Crippen LogP contribution is 2.28. The number of amides is 1. The Balaban J connectivity index is 1.54. The van der Waals surface area contributed by atoms with Crippen LogP contribution in [0.4, 0.5) is 4.39 Å². The van der Waals surface area contributed by atoms with Crippen molar-refractivity contribution < 1.29 is 9.18 Å². The summed E-state index contributed by atoms with van der Waals surface area (Å²) in [5, 5.41) is 0. The molecule has 1 fully saturated rings. The maximum atomic E-state index is 14.1. The summed E-state index contributed by atoms with van der Waals surface area (Å²) >= 11 is 0. The van der Waals surface area contributed by atoms with E-state index < -0.39 is 0 Å². The predicted octanol–water partition coefficient (Wildman–Crippen LogP) is 3.87. The van der Waals surface area contributed by atoms with Gasteiger partial charge >= 0.3 is 0 Å². The van der Waals surface area contributed by atoms with Crippen LogP contribution in [0.1, 0.15) is 51.9 Å². The van der Waals surface area contributed by atoms with Crippen molar-refractivity contribution in [3.8, 4) is 0 Å². The fraction of sp³-hybridized carbons (Fsp3) is 0.348. The molecule has 1 amide bonds. The first-order valence-corrected chi connectivity index (χ1v) is 9.98. The molecule has 1 saturated heterocycles. The molecule has 5 nitrogen and oxygen atoms in total. The number of piperidine rings is 1. The van der Waals surface area contributed by atoms with Gasteiger partial charge in [-0.1, -0.05) is 18.2 Å². The van der Waals surface area contributed by atoms with Crippen LogP contribution in [-0.4, -0.2) is 38.4 Å². The standard InChI is InChI=1S/C23H25FN4O/c1-16-12-17(13-18-6-3-4-8-20(18)24)14-21(26-16)19-7-5-10-28(15-19)23(29)22-25-9-11-27(22)2/h3-4,6,8-9,11-12,14,19H,5,7,10,13,15H2,1-2H3/t19-/m0/s1. The number of aromatic nitrogens is 3. The van der Waals surface area contributed by atoms with Crippen LogP contribution < -0.4 is 0 Å². The van der Waals surface area contributed by atoms with Gasteiger partial charge in [-0.2, -0.15) is 0 Å². The van der Waals surface area contributed by atoms with Crippen LogP contribution in [0.5, 0.6) is 0 Å². The van der Waals surface area contributed by atoms with E-state index in [1.165, 1.54) is 6.07 Å². The lowest BCUT2D eigenvalue weighted by atomic mass is 9.92. The van der Waals surface area contributed by atoms with Crippen LogP contribution in [0.3, 0.4) is 0 Å². The molecule has 0 unspecified atom stereocenters. The van der Waals surface area contributed by atoms with Crippen LogP contribution in [0, 0.1) is 12.7 Å². The van der Waals surface area contributed by atoms with Crippen molar-refractivity contribution in [2.24, 2.45) is 7.05 Å². The summed E-state index contributed by atoms with van der Waals surface area (Å²) in [4.78, 5) is 23.7. The Kier molecular flexibility index (Phi) is 5.43. The molecule has 0 saturated carbocycles. The molecule has 29 heavy (non-hydrogen) atoms. The summed E-state index contributed by atoms with van der Waals surface area (Å²) in [5.74, 6) is 0.407. The number of hydrogen-bond donors (Lipinski definition) is 0. The molecule has 3 aromatic rings. The SMILES string of the molecule is Cc1cc(Cc2ccccc2F)cc([C@H]2CCCN(C(=O)c3nccn3C)C2)n1. The molecule has 1 aliphatic heterocycles. The number of nitrogens with zero attached hydrogens (tertiary/aromatic N) is 4. The molecule has 1 aliphatic rings. The molecule has 0 aliphatic carbocycles. The van der Waals surface area contributed by atoms with E-state index in [0.29, 0.717) is 24.4 Å². The molecule has 1 atom stereocenters. The van der Waals surface area contributed by atoms with Gasteiger partial charge in [-0.05, 0) is 49.1 Å². The molecule has 0 bridgehead atoms. The van der Waals surface area contributed by atoms with E-state index in [1.807, 2.05) is 37.1 Å². The molecule has 3 heterocycles. The first-order chi connectivity index (χ1) is 14.0. The van der Waals surface area contributed by atoms with Gasteiger partial charge in [0.05, 0.1) is 0 Å². The van der Waals surface area contributed by atoms with Crippen molar-refractivity contribution in [3.63, 3.8) is 0 Å². The monoisotopic (exact) mass is 392 g/mol. The second-order valence-electron chi connectivity index (χ2n) is 7.76. The highest BCUT2D eigenvalue weighted by molar-refractivity contribution is 5.90. The van der Waals surface area contributed by atoms with E-state index >= 15 is 0 Å². The lowest BCUT2D eigenvalue weighted by Gasteiger charge is -2.32. The van der Waals surface area contributed by atoms with Gasteiger partial charge in [-0.3, -0.25) is 9.78 Å². The Labute approximate surface area is 170 Å². The van der Waals surface area contributed by atoms with Crippen molar-refractivity contribution in [2.75, 3.05) is 13.1 Å². The molecule has 0 N–H and O–H groups in total. The Morgan fingerprint density at radius 2 is 2.10 bits per heavy atom. The summed E-state index contributed by atoms with van der Waals surface area (Å²) in [5.41, 5.74) is 3.62. The second-order valence-corrected chi connectivity index (χ2v) is 7.76. The number of imidazole rings is 1. The highest BCUT2D eigenvalue weighted by Gasteiger charge is 2.28. The number of benzene rings is 1. The summed E-state index contributed by atoms with van der Waals surface area (Å²) in [6, 6.07) is 11.0. The van der Waals surface area contributed by atoms with E-state index in [0.717, 1.165) is 36.3 Å². The van der Waals surface area contributed by atoms with Crippen molar-refractivity contribution in [1.29, 1.82) is 0 Å². The van der Waals surface area contributed by atoms with Gasteiger partial charge in [0, 0.05) is 56.3 Å². The largest absolute Gasteiger partial charge is 0.335 e. The van der Waals surface area contributed by atoms with E-state index in [4.69, 9.17) is 4.98 Å². The smallest absolute Gasteiger partial charge is 0.289 e. The second kappa shape index (κ2) is 8.15. The zero-order chi connectivity index (χ0) is 20.4. The first-order valence-electron chi connectivity index (χ1n) is 9.98. The predicted molar refractivity (Wildman–Crippen MR) is 109 cm³/mol. The Morgan fingerprint density at radius 3 is 2.86 bits per heavy atom. The Morgan fingerprint density at radius 1 is 1.28 bits per heavy atom. The molecule has 4 rings (SSSR count). The average molecular weight is 392 g/mol. The Bertz CT molecular complexity index is 1030. The number of rotatable bonds is 4. The third-order valence-electron chi connectivity index (χ3n) is 5.52. The summed E-state index contributed by atoms with van der Waals surface area (Å²) < 4.78 is 15.8. The van der Waals surface area contributed by atoms with Gasteiger partial charge in [0.1, 0.15) is 5.82 Å². The van der Waals surface area contributed by atoms with Gasteiger partial charge in [-0.25, -0.2) is 9.37 Å². The van der Waals surface area contributed by atoms with Crippen LogP contribution in [0.25, 0.3) is 0 Å². The Hall–Kier alpha value is -3.02. The number of carbonyl (C=O) groups excluding carboxylic acids is 1. The lowest BCUT2D eigenvalue weighted by Crippen LogP contribution is -2.40. The average Bonchev–Trinajstić information content (AvgIpc) is 3.15. The number of aryl methyl sites for hydroxylation is 2. The van der Waals surface area contributed by atoms with Crippen LogP contribution in [0.15, 0.2) is 48.8 Å². The molecular formula is C23H25FN4O. The van der Waals surface area contributed by atoms with Gasteiger partial charge in [0.25, 0.3) is 5.91 Å². The van der Waals surface area contributed by atoms with Crippen molar-refractivity contribution in [3.05, 3.63) is 82.9 Å². The lowest BCUT2D eigenvalue weighted by molar-refractivity contribution is 0.0690. The van der Waals surface area contributed by atoms with Crippen LogP contribution in [0.2, 0.25) is 0 Å².